The summed E-state index contributed by atoms with van der Waals surface area (Å²) in [6.07, 6.45) is 3.35. The molecule has 0 heterocycles. The Morgan fingerprint density at radius 2 is 2.05 bits per heavy atom. The molecule has 1 aromatic carbocycles. The van der Waals surface area contributed by atoms with Gasteiger partial charge in [-0.05, 0) is 43.9 Å². The molecule has 3 atom stereocenters. The topological polar surface area (TPSA) is 38.7 Å². The lowest BCUT2D eigenvalue weighted by Gasteiger charge is -2.28. The number of hydrogen-bond donors (Lipinski definition) is 1. The quantitative estimate of drug-likeness (QED) is 0.911. The van der Waals surface area contributed by atoms with Crippen LogP contribution in [0.4, 0.5) is 4.39 Å². The first kappa shape index (κ1) is 14.3. The van der Waals surface area contributed by atoms with Crippen LogP contribution in [0.3, 0.4) is 0 Å². The molecule has 2 rings (SSSR count). The minimum Gasteiger partial charge on any atom is -0.487 e. The SMILES string of the molecule is COC1CCCC(Oc2ccc(C(C)O)cc2F)C1. The van der Waals surface area contributed by atoms with Crippen molar-refractivity contribution in [3.05, 3.63) is 29.6 Å². The zero-order valence-electron chi connectivity index (χ0n) is 11.4. The van der Waals surface area contributed by atoms with E-state index in [9.17, 15) is 9.50 Å². The predicted octanol–water partition coefficient (Wildman–Crippen LogP) is 3.22. The van der Waals surface area contributed by atoms with Gasteiger partial charge >= 0.3 is 0 Å². The van der Waals surface area contributed by atoms with Crippen molar-refractivity contribution >= 4 is 0 Å². The van der Waals surface area contributed by atoms with Crippen LogP contribution in [0.2, 0.25) is 0 Å². The number of aliphatic hydroxyl groups is 1. The summed E-state index contributed by atoms with van der Waals surface area (Å²) in [6, 6.07) is 4.62. The minimum atomic E-state index is -0.670. The maximum Gasteiger partial charge on any atom is 0.165 e. The van der Waals surface area contributed by atoms with Crippen LogP contribution < -0.4 is 4.74 Å². The fourth-order valence-electron chi connectivity index (χ4n) is 2.48. The van der Waals surface area contributed by atoms with Crippen LogP contribution >= 0.6 is 0 Å². The molecule has 0 aliphatic heterocycles. The molecule has 0 saturated heterocycles. The lowest BCUT2D eigenvalue weighted by Crippen LogP contribution is -2.29. The monoisotopic (exact) mass is 268 g/mol. The fourth-order valence-corrected chi connectivity index (χ4v) is 2.48. The number of aliphatic hydroxyl groups excluding tert-OH is 1. The van der Waals surface area contributed by atoms with Gasteiger partial charge in [-0.2, -0.15) is 0 Å². The summed E-state index contributed by atoms with van der Waals surface area (Å²) in [6.45, 7) is 1.61. The van der Waals surface area contributed by atoms with Crippen LogP contribution in [0, 0.1) is 5.82 Å². The molecular weight excluding hydrogens is 247 g/mol. The van der Waals surface area contributed by atoms with Gasteiger partial charge in [0.1, 0.15) is 6.10 Å². The van der Waals surface area contributed by atoms with E-state index < -0.39 is 11.9 Å². The Morgan fingerprint density at radius 1 is 1.32 bits per heavy atom. The highest BCUT2D eigenvalue weighted by atomic mass is 19.1. The van der Waals surface area contributed by atoms with Gasteiger partial charge in [0.05, 0.1) is 12.2 Å². The van der Waals surface area contributed by atoms with Crippen LogP contribution in [0.15, 0.2) is 18.2 Å². The Morgan fingerprint density at radius 3 is 2.68 bits per heavy atom. The molecule has 1 fully saturated rings. The third-order valence-electron chi connectivity index (χ3n) is 3.64. The van der Waals surface area contributed by atoms with Crippen molar-refractivity contribution in [3.63, 3.8) is 0 Å². The first-order valence-corrected chi connectivity index (χ1v) is 6.77. The zero-order valence-corrected chi connectivity index (χ0v) is 11.4. The van der Waals surface area contributed by atoms with Crippen molar-refractivity contribution in [3.8, 4) is 5.75 Å². The van der Waals surface area contributed by atoms with Crippen molar-refractivity contribution in [1.29, 1.82) is 0 Å². The molecule has 0 bridgehead atoms. The molecule has 4 heteroatoms. The highest BCUT2D eigenvalue weighted by molar-refractivity contribution is 5.30. The van der Waals surface area contributed by atoms with E-state index in [0.29, 0.717) is 5.56 Å². The van der Waals surface area contributed by atoms with Gasteiger partial charge in [-0.3, -0.25) is 0 Å². The highest BCUT2D eigenvalue weighted by Gasteiger charge is 2.24. The number of ether oxygens (including phenoxy) is 2. The van der Waals surface area contributed by atoms with Crippen molar-refractivity contribution < 1.29 is 19.0 Å². The van der Waals surface area contributed by atoms with Gasteiger partial charge in [-0.15, -0.1) is 0 Å². The summed E-state index contributed by atoms with van der Waals surface area (Å²) in [4.78, 5) is 0. The Balaban J connectivity index is 2.02. The number of halogens is 1. The van der Waals surface area contributed by atoms with Crippen LogP contribution in [-0.2, 0) is 4.74 Å². The molecule has 0 amide bonds. The second-order valence-corrected chi connectivity index (χ2v) is 5.13. The molecule has 3 nitrogen and oxygen atoms in total. The Bertz CT molecular complexity index is 420. The third kappa shape index (κ3) is 3.67. The molecule has 1 saturated carbocycles. The van der Waals surface area contributed by atoms with E-state index in [0.717, 1.165) is 25.7 Å². The van der Waals surface area contributed by atoms with Gasteiger partial charge < -0.3 is 14.6 Å². The van der Waals surface area contributed by atoms with E-state index in [1.165, 1.54) is 6.07 Å². The number of rotatable bonds is 4. The van der Waals surface area contributed by atoms with Crippen LogP contribution in [0.1, 0.15) is 44.3 Å². The average molecular weight is 268 g/mol. The van der Waals surface area contributed by atoms with Crippen molar-refractivity contribution in [2.45, 2.75) is 50.9 Å². The zero-order chi connectivity index (χ0) is 13.8. The predicted molar refractivity (Wildman–Crippen MR) is 70.7 cm³/mol. The summed E-state index contributed by atoms with van der Waals surface area (Å²) in [5.74, 6) is -0.163. The molecule has 0 spiro atoms. The molecule has 1 N–H and O–H groups in total. The Kier molecular flexibility index (Phi) is 4.77. The number of hydrogen-bond acceptors (Lipinski definition) is 3. The summed E-state index contributed by atoms with van der Waals surface area (Å²) < 4.78 is 24.9. The molecule has 3 unspecified atom stereocenters. The first-order chi connectivity index (χ1) is 9.10. The van der Waals surface area contributed by atoms with Crippen molar-refractivity contribution in [1.82, 2.24) is 0 Å². The summed E-state index contributed by atoms with van der Waals surface area (Å²) in [5, 5.41) is 9.40. The van der Waals surface area contributed by atoms with Crippen LogP contribution in [0.25, 0.3) is 0 Å². The molecule has 19 heavy (non-hydrogen) atoms. The van der Waals surface area contributed by atoms with Gasteiger partial charge in [0.2, 0.25) is 0 Å². The maximum absolute atomic E-state index is 13.9. The van der Waals surface area contributed by atoms with Crippen LogP contribution in [0.5, 0.6) is 5.75 Å². The van der Waals surface area contributed by atoms with E-state index in [1.54, 1.807) is 26.2 Å². The van der Waals surface area contributed by atoms with Gasteiger partial charge in [-0.1, -0.05) is 6.07 Å². The summed E-state index contributed by atoms with van der Waals surface area (Å²) in [7, 11) is 1.70. The number of benzene rings is 1. The molecule has 0 radical (unpaired) electrons. The van der Waals surface area contributed by atoms with E-state index in [1.807, 2.05) is 0 Å². The smallest absolute Gasteiger partial charge is 0.165 e. The first-order valence-electron chi connectivity index (χ1n) is 6.77. The lowest BCUT2D eigenvalue weighted by molar-refractivity contribution is 0.0197. The van der Waals surface area contributed by atoms with Gasteiger partial charge in [0.25, 0.3) is 0 Å². The Labute approximate surface area is 113 Å². The van der Waals surface area contributed by atoms with E-state index in [-0.39, 0.29) is 18.0 Å². The normalized spacial score (nSPS) is 25.1. The Hall–Kier alpha value is -1.13. The van der Waals surface area contributed by atoms with E-state index in [4.69, 9.17) is 9.47 Å². The maximum atomic E-state index is 13.9. The molecular formula is C15H21FO3. The minimum absolute atomic E-state index is 0.00519. The summed E-state index contributed by atoms with van der Waals surface area (Å²) in [5.41, 5.74) is 0.559. The molecule has 1 aromatic rings. The van der Waals surface area contributed by atoms with E-state index >= 15 is 0 Å². The van der Waals surface area contributed by atoms with E-state index in [2.05, 4.69) is 0 Å². The highest BCUT2D eigenvalue weighted by Crippen LogP contribution is 2.28. The average Bonchev–Trinajstić information content (AvgIpc) is 2.41. The van der Waals surface area contributed by atoms with Crippen molar-refractivity contribution in [2.24, 2.45) is 0 Å². The second-order valence-electron chi connectivity index (χ2n) is 5.13. The van der Waals surface area contributed by atoms with Gasteiger partial charge in [0, 0.05) is 13.5 Å². The lowest BCUT2D eigenvalue weighted by atomic mass is 9.95. The molecule has 106 valence electrons. The van der Waals surface area contributed by atoms with Crippen LogP contribution in [-0.4, -0.2) is 24.4 Å². The molecule has 1 aliphatic rings. The largest absolute Gasteiger partial charge is 0.487 e. The molecule has 0 aromatic heterocycles. The standard InChI is InChI=1S/C15H21FO3/c1-10(17)11-6-7-15(14(16)8-11)19-13-5-3-4-12(9-13)18-2/h6-8,10,12-13,17H,3-5,9H2,1-2H3. The fraction of sp³-hybridized carbons (Fsp3) is 0.600. The van der Waals surface area contributed by atoms with Gasteiger partial charge in [0.15, 0.2) is 11.6 Å². The third-order valence-corrected chi connectivity index (χ3v) is 3.64. The summed E-state index contributed by atoms with van der Waals surface area (Å²) >= 11 is 0. The second kappa shape index (κ2) is 6.35. The van der Waals surface area contributed by atoms with Gasteiger partial charge in [-0.25, -0.2) is 4.39 Å². The number of methoxy groups -OCH3 is 1. The molecule has 1 aliphatic carbocycles. The van der Waals surface area contributed by atoms with Crippen molar-refractivity contribution in [2.75, 3.05) is 7.11 Å².